The fourth-order valence-electron chi connectivity index (χ4n) is 4.27. The van der Waals surface area contributed by atoms with Crippen LogP contribution >= 0.6 is 11.8 Å². The highest BCUT2D eigenvalue weighted by Gasteiger charge is 2.36. The van der Waals surface area contributed by atoms with Gasteiger partial charge >= 0.3 is 0 Å². The molecule has 0 aliphatic carbocycles. The van der Waals surface area contributed by atoms with E-state index < -0.39 is 5.92 Å². The molecule has 5 rings (SSSR count). The molecule has 1 unspecified atom stereocenters. The predicted octanol–water partition coefficient (Wildman–Crippen LogP) is 3.08. The Hall–Kier alpha value is -3.66. The molecule has 1 atom stereocenters. The topological polar surface area (TPSA) is 96.3 Å². The van der Waals surface area contributed by atoms with Crippen LogP contribution in [-0.2, 0) is 39.0 Å². The van der Waals surface area contributed by atoms with Crippen molar-refractivity contribution in [1.82, 2.24) is 15.1 Å². The molecule has 2 N–H and O–H groups in total. The molecule has 35 heavy (non-hydrogen) atoms. The molecule has 2 aromatic carbocycles. The van der Waals surface area contributed by atoms with Crippen LogP contribution < -0.4 is 15.5 Å². The van der Waals surface area contributed by atoms with Crippen molar-refractivity contribution in [3.05, 3.63) is 77.2 Å². The van der Waals surface area contributed by atoms with Crippen molar-refractivity contribution in [3.63, 3.8) is 0 Å². The molecule has 3 heterocycles. The Morgan fingerprint density at radius 2 is 1.86 bits per heavy atom. The second-order valence-corrected chi connectivity index (χ2v) is 9.54. The summed E-state index contributed by atoms with van der Waals surface area (Å²) in [5, 5.41) is 10.3. The summed E-state index contributed by atoms with van der Waals surface area (Å²) in [5.41, 5.74) is 3.32. The lowest BCUT2D eigenvalue weighted by atomic mass is 10.1. The lowest BCUT2D eigenvalue weighted by Crippen LogP contribution is -2.31. The lowest BCUT2D eigenvalue weighted by Gasteiger charge is -2.17. The van der Waals surface area contributed by atoms with Crippen LogP contribution in [0.4, 0.5) is 15.9 Å². The number of benzene rings is 2. The van der Waals surface area contributed by atoms with Gasteiger partial charge in [0.15, 0.2) is 0 Å². The summed E-state index contributed by atoms with van der Waals surface area (Å²) in [6.45, 7) is 0.503. The third-order valence-corrected chi connectivity index (χ3v) is 7.09. The number of rotatable bonds is 7. The molecule has 10 heteroatoms. The van der Waals surface area contributed by atoms with E-state index in [9.17, 15) is 18.8 Å². The van der Waals surface area contributed by atoms with Crippen LogP contribution in [0.25, 0.3) is 0 Å². The molecule has 2 aliphatic heterocycles. The lowest BCUT2D eigenvalue weighted by molar-refractivity contribution is -0.122. The van der Waals surface area contributed by atoms with Gasteiger partial charge in [0.2, 0.25) is 17.7 Å². The molecule has 0 spiro atoms. The van der Waals surface area contributed by atoms with Gasteiger partial charge in [-0.05, 0) is 29.8 Å². The minimum Gasteiger partial charge on any atom is -0.350 e. The standard InChI is InChI=1S/C25H24FN5O3S/c26-18-8-6-16(7-9-18)11-27-22(32)13-31-24(20-14-35-15-21(20)29-31)28-25(34)17-10-23(33)30(12-17)19-4-2-1-3-5-19/h1-9,17H,10-15H2,(H,27,32)(H,28,34). The molecule has 3 aromatic rings. The molecule has 1 fully saturated rings. The van der Waals surface area contributed by atoms with Crippen molar-refractivity contribution in [1.29, 1.82) is 0 Å². The number of halogens is 1. The number of amides is 3. The van der Waals surface area contributed by atoms with Crippen molar-refractivity contribution in [2.75, 3.05) is 16.8 Å². The Bertz CT molecular complexity index is 1260. The molecule has 180 valence electrons. The fourth-order valence-corrected chi connectivity index (χ4v) is 5.31. The maximum Gasteiger partial charge on any atom is 0.242 e. The average molecular weight is 494 g/mol. The molecule has 1 saturated heterocycles. The van der Waals surface area contributed by atoms with E-state index in [4.69, 9.17) is 0 Å². The maximum atomic E-state index is 13.1. The predicted molar refractivity (Wildman–Crippen MR) is 131 cm³/mol. The largest absolute Gasteiger partial charge is 0.350 e. The first kappa shape index (κ1) is 23.1. The number of para-hydroxylation sites is 1. The molecule has 3 amide bonds. The molecule has 1 aromatic heterocycles. The summed E-state index contributed by atoms with van der Waals surface area (Å²) in [6, 6.07) is 15.2. The number of hydrogen-bond acceptors (Lipinski definition) is 5. The van der Waals surface area contributed by atoms with E-state index in [0.717, 1.165) is 22.5 Å². The highest BCUT2D eigenvalue weighted by Crippen LogP contribution is 2.35. The van der Waals surface area contributed by atoms with Crippen LogP contribution in [0.15, 0.2) is 54.6 Å². The van der Waals surface area contributed by atoms with E-state index in [1.807, 2.05) is 30.3 Å². The Morgan fingerprint density at radius 3 is 2.63 bits per heavy atom. The molecular formula is C25H24FN5O3S. The summed E-state index contributed by atoms with van der Waals surface area (Å²) in [7, 11) is 0. The first-order valence-corrected chi connectivity index (χ1v) is 12.5. The number of carbonyl (C=O) groups is 3. The number of aromatic nitrogens is 2. The van der Waals surface area contributed by atoms with E-state index in [2.05, 4.69) is 15.7 Å². The average Bonchev–Trinajstić information content (AvgIpc) is 3.55. The first-order chi connectivity index (χ1) is 17.0. The summed E-state index contributed by atoms with van der Waals surface area (Å²) in [6.07, 6.45) is 0.129. The Morgan fingerprint density at radius 1 is 1.09 bits per heavy atom. The Kier molecular flexibility index (Phi) is 6.54. The third kappa shape index (κ3) is 5.07. The van der Waals surface area contributed by atoms with E-state index in [0.29, 0.717) is 23.9 Å². The zero-order valence-electron chi connectivity index (χ0n) is 18.9. The molecule has 0 saturated carbocycles. The van der Waals surface area contributed by atoms with Gasteiger partial charge in [0.25, 0.3) is 0 Å². The zero-order chi connectivity index (χ0) is 24.4. The Labute approximate surface area is 205 Å². The third-order valence-electron chi connectivity index (χ3n) is 6.12. The molecule has 0 bridgehead atoms. The number of thioether (sulfide) groups is 1. The SMILES string of the molecule is O=C(Cn1nc2c(c1NC(=O)C1CC(=O)N(c3ccccc3)C1)CSC2)NCc1ccc(F)cc1. The number of nitrogens with one attached hydrogen (secondary N) is 2. The van der Waals surface area contributed by atoms with E-state index in [1.54, 1.807) is 28.8 Å². The summed E-state index contributed by atoms with van der Waals surface area (Å²) < 4.78 is 14.6. The fraction of sp³-hybridized carbons (Fsp3) is 0.280. The number of fused-ring (bicyclic) bond motifs is 1. The summed E-state index contributed by atoms with van der Waals surface area (Å²) in [5.74, 6) is 0.467. The molecular weight excluding hydrogens is 469 g/mol. The van der Waals surface area contributed by atoms with Gasteiger partial charge in [-0.3, -0.25) is 14.4 Å². The molecule has 0 radical (unpaired) electrons. The minimum atomic E-state index is -0.497. The quantitative estimate of drug-likeness (QED) is 0.527. The van der Waals surface area contributed by atoms with Gasteiger partial charge in [0, 0.05) is 42.3 Å². The van der Waals surface area contributed by atoms with E-state index in [-0.39, 0.29) is 43.0 Å². The summed E-state index contributed by atoms with van der Waals surface area (Å²) >= 11 is 1.70. The number of hydrogen-bond donors (Lipinski definition) is 2. The second-order valence-electron chi connectivity index (χ2n) is 8.56. The zero-order valence-corrected chi connectivity index (χ0v) is 19.7. The van der Waals surface area contributed by atoms with Crippen molar-refractivity contribution >= 4 is 41.0 Å². The van der Waals surface area contributed by atoms with E-state index in [1.165, 1.54) is 16.8 Å². The second kappa shape index (κ2) is 9.91. The maximum absolute atomic E-state index is 13.1. The number of carbonyl (C=O) groups excluding carboxylic acids is 3. The van der Waals surface area contributed by atoms with Gasteiger partial charge < -0.3 is 15.5 Å². The highest BCUT2D eigenvalue weighted by atomic mass is 32.2. The van der Waals surface area contributed by atoms with Crippen molar-refractivity contribution < 1.29 is 18.8 Å². The van der Waals surface area contributed by atoms with Gasteiger partial charge in [0.05, 0.1) is 11.6 Å². The normalized spacial score (nSPS) is 16.9. The smallest absolute Gasteiger partial charge is 0.242 e. The van der Waals surface area contributed by atoms with Gasteiger partial charge in [-0.15, -0.1) is 0 Å². The van der Waals surface area contributed by atoms with E-state index >= 15 is 0 Å². The van der Waals surface area contributed by atoms with Crippen molar-refractivity contribution in [2.45, 2.75) is 31.0 Å². The first-order valence-electron chi connectivity index (χ1n) is 11.3. The van der Waals surface area contributed by atoms with Crippen molar-refractivity contribution in [2.24, 2.45) is 5.92 Å². The van der Waals surface area contributed by atoms with Crippen LogP contribution in [0, 0.1) is 11.7 Å². The monoisotopic (exact) mass is 493 g/mol. The van der Waals surface area contributed by atoms with Gasteiger partial charge in [-0.25, -0.2) is 9.07 Å². The van der Waals surface area contributed by atoms with Gasteiger partial charge in [-0.1, -0.05) is 30.3 Å². The highest BCUT2D eigenvalue weighted by molar-refractivity contribution is 7.98. The van der Waals surface area contributed by atoms with Crippen molar-refractivity contribution in [3.8, 4) is 0 Å². The summed E-state index contributed by atoms with van der Waals surface area (Å²) in [4.78, 5) is 39.9. The van der Waals surface area contributed by atoms with Crippen LogP contribution in [0.1, 0.15) is 23.2 Å². The van der Waals surface area contributed by atoms with Gasteiger partial charge in [0.1, 0.15) is 18.2 Å². The molecule has 2 aliphatic rings. The van der Waals surface area contributed by atoms with Crippen LogP contribution in [-0.4, -0.2) is 34.0 Å². The van der Waals surface area contributed by atoms with Gasteiger partial charge in [-0.2, -0.15) is 16.9 Å². The van der Waals surface area contributed by atoms with Crippen LogP contribution in [0.5, 0.6) is 0 Å². The number of nitrogens with zero attached hydrogens (tertiary/aromatic N) is 3. The van der Waals surface area contributed by atoms with Crippen LogP contribution in [0.2, 0.25) is 0 Å². The Balaban J connectivity index is 1.26. The number of anilines is 2. The molecule has 8 nitrogen and oxygen atoms in total. The minimum absolute atomic E-state index is 0.0613. The van der Waals surface area contributed by atoms with Crippen LogP contribution in [0.3, 0.4) is 0 Å².